The zero-order chi connectivity index (χ0) is 16.3. The van der Waals surface area contributed by atoms with Crippen molar-refractivity contribution in [2.75, 3.05) is 26.7 Å². The molecule has 0 saturated carbocycles. The van der Waals surface area contributed by atoms with E-state index >= 15 is 0 Å². The molecule has 124 valence electrons. The zero-order valence-electron chi connectivity index (χ0n) is 13.9. The third-order valence-electron chi connectivity index (χ3n) is 4.50. The molecule has 1 heterocycles. The largest absolute Gasteiger partial charge is 0.496 e. The summed E-state index contributed by atoms with van der Waals surface area (Å²) in [5.74, 6) is -1.19. The lowest BCUT2D eigenvalue weighted by Crippen LogP contribution is -2.54. The van der Waals surface area contributed by atoms with Gasteiger partial charge >= 0.3 is 0 Å². The second-order valence-electron chi connectivity index (χ2n) is 6.17. The highest BCUT2D eigenvalue weighted by Crippen LogP contribution is 2.26. The molecule has 1 saturated heterocycles. The number of hydrogen-bond donors (Lipinski definition) is 0. The minimum atomic E-state index is -0.816. The van der Waals surface area contributed by atoms with Crippen LogP contribution in [-0.4, -0.2) is 48.6 Å². The van der Waals surface area contributed by atoms with Gasteiger partial charge in [0.05, 0.1) is 7.11 Å². The molecular weight excluding hydrogens is 286 g/mol. The van der Waals surface area contributed by atoms with E-state index in [4.69, 9.17) is 4.74 Å². The minimum absolute atomic E-state index is 0.315. The fourth-order valence-electron chi connectivity index (χ4n) is 3.26. The number of methoxy groups -OCH3 is 1. The molecule has 0 aliphatic carbocycles. The van der Waals surface area contributed by atoms with Crippen molar-refractivity contribution in [3.8, 4) is 5.75 Å². The lowest BCUT2D eigenvalue weighted by Gasteiger charge is -2.43. The van der Waals surface area contributed by atoms with Gasteiger partial charge in [-0.15, -0.1) is 0 Å². The molecule has 1 fully saturated rings. The van der Waals surface area contributed by atoms with Gasteiger partial charge in [-0.1, -0.05) is 6.92 Å². The average Bonchev–Trinajstić information content (AvgIpc) is 2.51. The van der Waals surface area contributed by atoms with E-state index in [1.165, 1.54) is 13.2 Å². The van der Waals surface area contributed by atoms with Crippen LogP contribution in [0.15, 0.2) is 12.1 Å². The van der Waals surface area contributed by atoms with Gasteiger partial charge in [0.15, 0.2) is 11.6 Å². The van der Waals surface area contributed by atoms with E-state index in [1.54, 1.807) is 0 Å². The van der Waals surface area contributed by atoms with Gasteiger partial charge in [0.2, 0.25) is 0 Å². The highest BCUT2D eigenvalue weighted by Gasteiger charge is 2.28. The molecule has 2 rings (SSSR count). The molecule has 0 bridgehead atoms. The highest BCUT2D eigenvalue weighted by atomic mass is 19.2. The quantitative estimate of drug-likeness (QED) is 0.830. The van der Waals surface area contributed by atoms with Crippen LogP contribution in [0.5, 0.6) is 5.75 Å². The van der Waals surface area contributed by atoms with Crippen molar-refractivity contribution < 1.29 is 13.5 Å². The Morgan fingerprint density at radius 3 is 2.59 bits per heavy atom. The van der Waals surface area contributed by atoms with E-state index < -0.39 is 11.6 Å². The summed E-state index contributed by atoms with van der Waals surface area (Å²) in [6.07, 6.45) is 1.05. The normalized spacial score (nSPS) is 20.6. The summed E-state index contributed by atoms with van der Waals surface area (Å²) in [6.45, 7) is 9.64. The van der Waals surface area contributed by atoms with Gasteiger partial charge in [0.1, 0.15) is 5.75 Å². The Hall–Kier alpha value is -1.20. The molecular formula is C17H26F2N2O. The van der Waals surface area contributed by atoms with Gasteiger partial charge in [-0.05, 0) is 32.4 Å². The van der Waals surface area contributed by atoms with Crippen LogP contribution in [0.1, 0.15) is 32.8 Å². The Balaban J connectivity index is 2.14. The standard InChI is InChI=1S/C17H26F2N2O/c1-5-13-10-20(8-9-21(13)12(2)3)11-14-16(22-4)7-6-15(18)17(14)19/h6-7,12-13H,5,8-11H2,1-4H3. The fraction of sp³-hybridized carbons (Fsp3) is 0.647. The summed E-state index contributed by atoms with van der Waals surface area (Å²) in [7, 11) is 1.49. The Kier molecular flexibility index (Phi) is 5.75. The summed E-state index contributed by atoms with van der Waals surface area (Å²) in [6, 6.07) is 3.57. The Morgan fingerprint density at radius 2 is 2.00 bits per heavy atom. The maximum atomic E-state index is 14.1. The van der Waals surface area contributed by atoms with Crippen LogP contribution in [-0.2, 0) is 6.54 Å². The van der Waals surface area contributed by atoms with E-state index in [1.807, 2.05) is 0 Å². The first kappa shape index (κ1) is 17.2. The van der Waals surface area contributed by atoms with Crippen LogP contribution in [0.2, 0.25) is 0 Å². The van der Waals surface area contributed by atoms with Crippen LogP contribution in [0, 0.1) is 11.6 Å². The average molecular weight is 312 g/mol. The van der Waals surface area contributed by atoms with Crippen molar-refractivity contribution in [2.24, 2.45) is 0 Å². The summed E-state index contributed by atoms with van der Waals surface area (Å²) < 4.78 is 32.8. The molecule has 0 amide bonds. The molecule has 1 aromatic carbocycles. The van der Waals surface area contributed by atoms with Crippen molar-refractivity contribution >= 4 is 0 Å². The Bertz CT molecular complexity index is 508. The van der Waals surface area contributed by atoms with Crippen LogP contribution in [0.4, 0.5) is 8.78 Å². The first-order chi connectivity index (χ1) is 10.5. The molecule has 0 N–H and O–H groups in total. The molecule has 1 aromatic rings. The summed E-state index contributed by atoms with van der Waals surface area (Å²) in [5.41, 5.74) is 0.315. The molecule has 0 aromatic heterocycles. The van der Waals surface area contributed by atoms with E-state index in [0.717, 1.165) is 32.1 Å². The van der Waals surface area contributed by atoms with Crippen LogP contribution < -0.4 is 4.74 Å². The first-order valence-corrected chi connectivity index (χ1v) is 7.96. The molecule has 1 atom stereocenters. The van der Waals surface area contributed by atoms with E-state index in [-0.39, 0.29) is 0 Å². The second kappa shape index (κ2) is 7.38. The number of ether oxygens (including phenoxy) is 1. The number of nitrogens with zero attached hydrogens (tertiary/aromatic N) is 2. The molecule has 22 heavy (non-hydrogen) atoms. The molecule has 0 spiro atoms. The van der Waals surface area contributed by atoms with Crippen LogP contribution in [0.25, 0.3) is 0 Å². The maximum absolute atomic E-state index is 14.1. The first-order valence-electron chi connectivity index (χ1n) is 7.96. The number of piperazine rings is 1. The summed E-state index contributed by atoms with van der Waals surface area (Å²) in [4.78, 5) is 4.67. The lowest BCUT2D eigenvalue weighted by atomic mass is 10.1. The van der Waals surface area contributed by atoms with Gasteiger partial charge in [0.25, 0.3) is 0 Å². The van der Waals surface area contributed by atoms with Gasteiger partial charge in [-0.2, -0.15) is 0 Å². The third kappa shape index (κ3) is 3.58. The highest BCUT2D eigenvalue weighted by molar-refractivity contribution is 5.35. The van der Waals surface area contributed by atoms with Gasteiger partial charge in [0, 0.05) is 43.8 Å². The van der Waals surface area contributed by atoms with Gasteiger partial charge in [-0.3, -0.25) is 9.80 Å². The molecule has 3 nitrogen and oxygen atoms in total. The van der Waals surface area contributed by atoms with Crippen molar-refractivity contribution in [2.45, 2.75) is 45.8 Å². The number of halogens is 2. The number of rotatable bonds is 5. The topological polar surface area (TPSA) is 15.7 Å². The van der Waals surface area contributed by atoms with Crippen molar-refractivity contribution in [3.63, 3.8) is 0 Å². The van der Waals surface area contributed by atoms with Gasteiger partial charge in [-0.25, -0.2) is 8.78 Å². The predicted octanol–water partition coefficient (Wildman–Crippen LogP) is 3.28. The SMILES string of the molecule is CCC1CN(Cc2c(OC)ccc(F)c2F)CCN1C(C)C. The van der Waals surface area contributed by atoms with Crippen LogP contribution >= 0.6 is 0 Å². The number of benzene rings is 1. The fourth-order valence-corrected chi connectivity index (χ4v) is 3.26. The van der Waals surface area contributed by atoms with E-state index in [0.29, 0.717) is 29.9 Å². The zero-order valence-corrected chi connectivity index (χ0v) is 13.9. The smallest absolute Gasteiger partial charge is 0.167 e. The van der Waals surface area contributed by atoms with Gasteiger partial charge < -0.3 is 4.74 Å². The Labute approximate surface area is 131 Å². The summed E-state index contributed by atoms with van der Waals surface area (Å²) >= 11 is 0. The summed E-state index contributed by atoms with van der Waals surface area (Å²) in [5, 5.41) is 0. The van der Waals surface area contributed by atoms with E-state index in [2.05, 4.69) is 30.6 Å². The van der Waals surface area contributed by atoms with Crippen molar-refractivity contribution in [3.05, 3.63) is 29.3 Å². The number of hydrogen-bond acceptors (Lipinski definition) is 3. The van der Waals surface area contributed by atoms with E-state index in [9.17, 15) is 8.78 Å². The molecule has 1 aliphatic rings. The van der Waals surface area contributed by atoms with Crippen molar-refractivity contribution in [1.82, 2.24) is 9.80 Å². The molecule has 0 radical (unpaired) electrons. The third-order valence-corrected chi connectivity index (χ3v) is 4.50. The maximum Gasteiger partial charge on any atom is 0.167 e. The Morgan fingerprint density at radius 1 is 1.27 bits per heavy atom. The predicted molar refractivity (Wildman–Crippen MR) is 84.1 cm³/mol. The monoisotopic (exact) mass is 312 g/mol. The molecule has 5 heteroatoms. The van der Waals surface area contributed by atoms with Crippen molar-refractivity contribution in [1.29, 1.82) is 0 Å². The molecule has 1 aliphatic heterocycles. The molecule has 1 unspecified atom stereocenters. The van der Waals surface area contributed by atoms with Crippen LogP contribution in [0.3, 0.4) is 0 Å². The minimum Gasteiger partial charge on any atom is -0.496 e. The lowest BCUT2D eigenvalue weighted by molar-refractivity contribution is 0.0447. The second-order valence-corrected chi connectivity index (χ2v) is 6.17.